The highest BCUT2D eigenvalue weighted by Gasteiger charge is 2.42. The van der Waals surface area contributed by atoms with E-state index in [1.54, 1.807) is 13.2 Å². The predicted molar refractivity (Wildman–Crippen MR) is 76.5 cm³/mol. The van der Waals surface area contributed by atoms with E-state index in [2.05, 4.69) is 4.90 Å². The number of ether oxygens (including phenoxy) is 1. The van der Waals surface area contributed by atoms with Crippen LogP contribution in [0.3, 0.4) is 0 Å². The average molecular weight is 275 g/mol. The lowest BCUT2D eigenvalue weighted by Crippen LogP contribution is -2.57. The van der Waals surface area contributed by atoms with Gasteiger partial charge in [-0.15, -0.1) is 0 Å². The zero-order valence-corrected chi connectivity index (χ0v) is 11.7. The van der Waals surface area contributed by atoms with Crippen LogP contribution in [0.25, 0.3) is 0 Å². The van der Waals surface area contributed by atoms with Crippen LogP contribution in [0, 0.1) is 5.92 Å². The summed E-state index contributed by atoms with van der Waals surface area (Å²) in [4.78, 5) is 13.7. The van der Waals surface area contributed by atoms with Crippen molar-refractivity contribution in [3.63, 3.8) is 0 Å². The van der Waals surface area contributed by atoms with E-state index in [1.807, 2.05) is 12.1 Å². The molecule has 0 spiro atoms. The molecule has 3 fully saturated rings. The fourth-order valence-corrected chi connectivity index (χ4v) is 3.67. The fraction of sp³-hybridized carbons (Fsp3) is 0.533. The highest BCUT2D eigenvalue weighted by molar-refractivity contribution is 5.93. The van der Waals surface area contributed by atoms with Crippen molar-refractivity contribution in [2.75, 3.05) is 20.2 Å². The number of hydrogen-bond acceptors (Lipinski definition) is 4. The predicted octanol–water partition coefficient (Wildman–Crippen LogP) is 0.888. The molecule has 5 heteroatoms. The van der Waals surface area contributed by atoms with Crippen LogP contribution in [-0.4, -0.2) is 37.2 Å². The summed E-state index contributed by atoms with van der Waals surface area (Å²) in [7, 11) is 1.65. The molecule has 2 unspecified atom stereocenters. The molecule has 108 valence electrons. The Labute approximate surface area is 118 Å². The van der Waals surface area contributed by atoms with Crippen LogP contribution in [0.2, 0.25) is 0 Å². The number of piperidine rings is 3. The number of nitrogens with zero attached hydrogens (tertiary/aromatic N) is 1. The quantitative estimate of drug-likeness (QED) is 0.858. The number of carbonyl (C=O) groups is 1. The minimum atomic E-state index is -0.413. The zero-order valence-electron chi connectivity index (χ0n) is 11.7. The monoisotopic (exact) mass is 275 g/mol. The molecule has 3 aliphatic rings. The molecule has 2 atom stereocenters. The molecule has 2 bridgehead atoms. The molecule has 0 saturated carbocycles. The number of nitrogens with two attached hydrogens (primary N) is 2. The lowest BCUT2D eigenvalue weighted by Gasteiger charge is -2.49. The van der Waals surface area contributed by atoms with Gasteiger partial charge in [-0.25, -0.2) is 0 Å². The Hall–Kier alpha value is -1.59. The van der Waals surface area contributed by atoms with Gasteiger partial charge in [0.1, 0.15) is 5.75 Å². The molecule has 0 aromatic heterocycles. The van der Waals surface area contributed by atoms with E-state index < -0.39 is 5.91 Å². The van der Waals surface area contributed by atoms with Crippen LogP contribution in [0.1, 0.15) is 34.7 Å². The molecule has 3 saturated heterocycles. The molecule has 3 aliphatic heterocycles. The zero-order chi connectivity index (χ0) is 14.3. The molecule has 1 aromatic carbocycles. The van der Waals surface area contributed by atoms with Crippen LogP contribution in [0.5, 0.6) is 5.75 Å². The summed E-state index contributed by atoms with van der Waals surface area (Å²) in [5, 5.41) is 0. The van der Waals surface area contributed by atoms with Gasteiger partial charge in [0.2, 0.25) is 5.91 Å². The minimum Gasteiger partial charge on any atom is -0.496 e. The van der Waals surface area contributed by atoms with Gasteiger partial charge in [-0.2, -0.15) is 0 Å². The molecule has 1 amide bonds. The Kier molecular flexibility index (Phi) is 3.40. The van der Waals surface area contributed by atoms with Crippen molar-refractivity contribution in [2.45, 2.75) is 24.9 Å². The minimum absolute atomic E-state index is 0.000438. The van der Waals surface area contributed by atoms with Crippen LogP contribution in [0.15, 0.2) is 18.2 Å². The topological polar surface area (TPSA) is 81.6 Å². The van der Waals surface area contributed by atoms with Gasteiger partial charge in [0.25, 0.3) is 0 Å². The second-order valence-electron chi connectivity index (χ2n) is 5.71. The van der Waals surface area contributed by atoms with Crippen molar-refractivity contribution in [1.82, 2.24) is 4.90 Å². The van der Waals surface area contributed by atoms with Gasteiger partial charge in [0.05, 0.1) is 13.3 Å². The molecule has 4 N–H and O–H groups in total. The van der Waals surface area contributed by atoms with Gasteiger partial charge < -0.3 is 16.2 Å². The maximum atomic E-state index is 11.4. The van der Waals surface area contributed by atoms with E-state index in [1.165, 1.54) is 0 Å². The fourth-order valence-electron chi connectivity index (χ4n) is 3.67. The number of fused-ring (bicyclic) bond motifs is 3. The van der Waals surface area contributed by atoms with E-state index in [4.69, 9.17) is 16.2 Å². The summed E-state index contributed by atoms with van der Waals surface area (Å²) in [6.07, 6.45) is 2.31. The van der Waals surface area contributed by atoms with Crippen molar-refractivity contribution in [3.8, 4) is 5.75 Å². The van der Waals surface area contributed by atoms with Crippen LogP contribution in [-0.2, 0) is 0 Å². The SMILES string of the molecule is COc1ccc(C(N)=O)cc1C1C2CCN(CC2)C1N. The summed E-state index contributed by atoms with van der Waals surface area (Å²) in [5.74, 6) is 1.16. The highest BCUT2D eigenvalue weighted by Crippen LogP contribution is 2.44. The molecule has 0 aliphatic carbocycles. The van der Waals surface area contributed by atoms with Crippen LogP contribution in [0.4, 0.5) is 0 Å². The van der Waals surface area contributed by atoms with Crippen molar-refractivity contribution in [3.05, 3.63) is 29.3 Å². The van der Waals surface area contributed by atoms with Crippen molar-refractivity contribution >= 4 is 5.91 Å². The molecule has 20 heavy (non-hydrogen) atoms. The number of hydrogen-bond donors (Lipinski definition) is 2. The lowest BCUT2D eigenvalue weighted by molar-refractivity contribution is 0.0279. The van der Waals surface area contributed by atoms with Gasteiger partial charge in [0.15, 0.2) is 0 Å². The molecule has 4 rings (SSSR count). The van der Waals surface area contributed by atoms with Gasteiger partial charge in [-0.1, -0.05) is 0 Å². The van der Waals surface area contributed by atoms with Gasteiger partial charge in [-0.3, -0.25) is 9.69 Å². The summed E-state index contributed by atoms with van der Waals surface area (Å²) in [6.45, 7) is 2.14. The Morgan fingerprint density at radius 2 is 2.05 bits per heavy atom. The van der Waals surface area contributed by atoms with E-state index in [0.29, 0.717) is 11.5 Å². The highest BCUT2D eigenvalue weighted by atomic mass is 16.5. The maximum Gasteiger partial charge on any atom is 0.248 e. The third kappa shape index (κ3) is 2.07. The number of methoxy groups -OCH3 is 1. The molecule has 3 heterocycles. The number of amides is 1. The number of rotatable bonds is 3. The second kappa shape index (κ2) is 5.07. The van der Waals surface area contributed by atoms with Gasteiger partial charge in [-0.05, 0) is 50.0 Å². The van der Waals surface area contributed by atoms with E-state index >= 15 is 0 Å². The first-order chi connectivity index (χ1) is 9.61. The largest absolute Gasteiger partial charge is 0.496 e. The van der Waals surface area contributed by atoms with Crippen LogP contribution >= 0.6 is 0 Å². The van der Waals surface area contributed by atoms with E-state index in [-0.39, 0.29) is 12.1 Å². The first-order valence-electron chi connectivity index (χ1n) is 7.09. The number of primary amides is 1. The van der Waals surface area contributed by atoms with E-state index in [9.17, 15) is 4.79 Å². The van der Waals surface area contributed by atoms with Crippen LogP contribution < -0.4 is 16.2 Å². The summed E-state index contributed by atoms with van der Waals surface area (Å²) in [6, 6.07) is 5.38. The summed E-state index contributed by atoms with van der Waals surface area (Å²) < 4.78 is 5.46. The standard InChI is InChI=1S/C15H21N3O2/c1-20-12-3-2-10(15(17)19)8-11(12)13-9-4-6-18(7-5-9)14(13)16/h2-3,8-9,13-14H,4-7,16H2,1H3,(H2,17,19). The normalized spacial score (nSPS) is 32.1. The average Bonchev–Trinajstić information content (AvgIpc) is 2.47. The first-order valence-corrected chi connectivity index (χ1v) is 7.09. The lowest BCUT2D eigenvalue weighted by atomic mass is 9.73. The molecule has 1 aromatic rings. The van der Waals surface area contributed by atoms with E-state index in [0.717, 1.165) is 37.2 Å². The Morgan fingerprint density at radius 3 is 2.60 bits per heavy atom. The third-order valence-electron chi connectivity index (χ3n) is 4.74. The van der Waals surface area contributed by atoms with Gasteiger partial charge in [0, 0.05) is 17.0 Å². The van der Waals surface area contributed by atoms with Crippen molar-refractivity contribution < 1.29 is 9.53 Å². The maximum absolute atomic E-state index is 11.4. The third-order valence-corrected chi connectivity index (χ3v) is 4.74. The molecule has 5 nitrogen and oxygen atoms in total. The van der Waals surface area contributed by atoms with Crippen molar-refractivity contribution in [1.29, 1.82) is 0 Å². The molecule has 0 radical (unpaired) electrons. The second-order valence-corrected chi connectivity index (χ2v) is 5.71. The molecular weight excluding hydrogens is 254 g/mol. The first kappa shape index (κ1) is 13.4. The van der Waals surface area contributed by atoms with Gasteiger partial charge >= 0.3 is 0 Å². The van der Waals surface area contributed by atoms with Crippen molar-refractivity contribution in [2.24, 2.45) is 17.4 Å². The number of benzene rings is 1. The Bertz CT molecular complexity index is 522. The molecular formula is C15H21N3O2. The Morgan fingerprint density at radius 1 is 1.35 bits per heavy atom. The number of carbonyl (C=O) groups excluding carboxylic acids is 1. The summed E-state index contributed by atoms with van der Waals surface area (Å²) >= 11 is 0. The summed E-state index contributed by atoms with van der Waals surface area (Å²) in [5.41, 5.74) is 13.3. The smallest absolute Gasteiger partial charge is 0.248 e. The Balaban J connectivity index is 2.03.